The van der Waals surface area contributed by atoms with Gasteiger partial charge >= 0.3 is 0 Å². The Balaban J connectivity index is 2.08. The molecule has 2 aromatic heterocycles. The molecule has 13 heteroatoms. The molecule has 3 rings (SSSR count). The van der Waals surface area contributed by atoms with Crippen LogP contribution in [0.1, 0.15) is 6.23 Å². The Hall–Kier alpha value is -1.64. The van der Waals surface area contributed by atoms with Gasteiger partial charge in [-0.15, -0.1) is 0 Å². The zero-order valence-electron chi connectivity index (χ0n) is 13.1. The van der Waals surface area contributed by atoms with Gasteiger partial charge in [0, 0.05) is 17.1 Å². The van der Waals surface area contributed by atoms with E-state index >= 15 is 0 Å². The van der Waals surface area contributed by atoms with Crippen molar-refractivity contribution >= 4 is 37.1 Å². The van der Waals surface area contributed by atoms with Gasteiger partial charge in [-0.3, -0.25) is 18.5 Å². The number of H-pyrrole nitrogens is 1. The van der Waals surface area contributed by atoms with Gasteiger partial charge in [0.1, 0.15) is 21.1 Å². The fourth-order valence-corrected chi connectivity index (χ4v) is 4.28. The second kappa shape index (κ2) is 6.59. The minimum absolute atomic E-state index is 0.0318. The van der Waals surface area contributed by atoms with Gasteiger partial charge in [0.25, 0.3) is 5.56 Å². The molecule has 5 atom stereocenters. The third kappa shape index (κ3) is 3.26. The van der Waals surface area contributed by atoms with Gasteiger partial charge in [0.15, 0.2) is 11.2 Å². The van der Waals surface area contributed by atoms with Crippen LogP contribution in [0.15, 0.2) is 11.1 Å². The van der Waals surface area contributed by atoms with Crippen LogP contribution in [0.3, 0.4) is 0 Å². The molecule has 11 nitrogen and oxygen atoms in total. The fourth-order valence-electron chi connectivity index (χ4n) is 2.84. The molecule has 138 valence electrons. The molecule has 1 fully saturated rings. The van der Waals surface area contributed by atoms with Gasteiger partial charge in [-0.05, 0) is 0 Å². The van der Waals surface area contributed by atoms with Crippen LogP contribution in [0.5, 0.6) is 0 Å². The molecule has 5 N–H and O–H groups in total. The summed E-state index contributed by atoms with van der Waals surface area (Å²) in [5.74, 6) is -1.08. The summed E-state index contributed by atoms with van der Waals surface area (Å²) in [5, 5.41) is 19.8. The van der Waals surface area contributed by atoms with Crippen molar-refractivity contribution in [3.63, 3.8) is 0 Å². The highest BCUT2D eigenvalue weighted by molar-refractivity contribution is 8.30. The zero-order valence-corrected chi connectivity index (χ0v) is 14.7. The summed E-state index contributed by atoms with van der Waals surface area (Å²) in [4.78, 5) is 22.2. The minimum atomic E-state index is -3.10. The Bertz CT molecular complexity index is 941. The normalized spacial score (nSPS) is 29.1. The van der Waals surface area contributed by atoms with Crippen LogP contribution in [0.4, 0.5) is 5.95 Å². The summed E-state index contributed by atoms with van der Waals surface area (Å²) in [6.45, 7) is -0.456. The number of nitrogens with zero attached hydrogens (tertiary/aromatic N) is 3. The van der Waals surface area contributed by atoms with Crippen LogP contribution >= 0.6 is 0 Å². The first-order chi connectivity index (χ1) is 11.8. The van der Waals surface area contributed by atoms with Crippen LogP contribution in [-0.2, 0) is 28.9 Å². The molecular weight excluding hydrogens is 374 g/mol. The van der Waals surface area contributed by atoms with E-state index in [-0.39, 0.29) is 22.9 Å². The van der Waals surface area contributed by atoms with E-state index in [1.54, 1.807) is 0 Å². The molecule has 0 spiro atoms. The molecule has 0 amide bonds. The number of nitrogen functional groups attached to an aromatic ring is 1. The molecule has 3 heterocycles. The van der Waals surface area contributed by atoms with E-state index in [0.29, 0.717) is 0 Å². The number of ether oxygens (including phenoxy) is 1. The van der Waals surface area contributed by atoms with E-state index in [0.717, 1.165) is 0 Å². The van der Waals surface area contributed by atoms with Gasteiger partial charge in [0.05, 0.1) is 31.9 Å². The second-order valence-corrected chi connectivity index (χ2v) is 8.87. The summed E-state index contributed by atoms with van der Waals surface area (Å²) in [5.41, 5.74) is 5.21. The van der Waals surface area contributed by atoms with Crippen molar-refractivity contribution in [3.05, 3.63) is 16.7 Å². The maximum Gasteiger partial charge on any atom is 0.280 e. The quantitative estimate of drug-likeness (QED) is 0.442. The van der Waals surface area contributed by atoms with Crippen molar-refractivity contribution in [2.45, 2.75) is 18.4 Å². The van der Waals surface area contributed by atoms with Gasteiger partial charge in [-0.25, -0.2) is 9.19 Å². The molecule has 2 aromatic rings. The van der Waals surface area contributed by atoms with Crippen LogP contribution in [-0.4, -0.2) is 65.6 Å². The molecule has 25 heavy (non-hydrogen) atoms. The van der Waals surface area contributed by atoms with Crippen LogP contribution in [0, 0.1) is 5.92 Å². The average molecular weight is 391 g/mol. The van der Waals surface area contributed by atoms with E-state index < -0.39 is 45.3 Å². The lowest BCUT2D eigenvalue weighted by Crippen LogP contribution is -2.33. The Kier molecular flexibility index (Phi) is 4.78. The predicted octanol–water partition coefficient (Wildman–Crippen LogP) is -2.12. The molecule has 0 saturated carbocycles. The predicted molar refractivity (Wildman–Crippen MR) is 90.4 cm³/mol. The number of nitrogens with one attached hydrogen (secondary N) is 1. The number of hydrogen-bond donors (Lipinski definition) is 4. The summed E-state index contributed by atoms with van der Waals surface area (Å²) in [6, 6.07) is 0. The van der Waals surface area contributed by atoms with Gasteiger partial charge in [-0.2, -0.15) is 4.98 Å². The van der Waals surface area contributed by atoms with Crippen molar-refractivity contribution in [3.8, 4) is 0 Å². The Morgan fingerprint density at radius 3 is 2.96 bits per heavy atom. The number of aromatic nitrogens is 4. The third-order valence-corrected chi connectivity index (χ3v) is 6.17. The third-order valence-electron chi connectivity index (χ3n) is 4.06. The molecule has 1 saturated heterocycles. The number of aliphatic hydroxyl groups is 2. The first kappa shape index (κ1) is 18.2. The maximum absolute atomic E-state index is 12.2. The standard InChI is InChI=1S/C12H17N5O6S2/c1-22-25(21,24)3-5-8(19)6(2-18)23-11(5)17-4-14-7-9(17)15-12(13)16-10(7)20/h4-6,8,11,18-19H,2-3H2,1H3,(H3,13,15,16,20)/t5?,6-,8-,11-,25?/m1/s1. The summed E-state index contributed by atoms with van der Waals surface area (Å²) < 4.78 is 24.0. The first-order valence-electron chi connectivity index (χ1n) is 7.22. The maximum atomic E-state index is 12.2. The number of hydrogen-bond acceptors (Lipinski definition) is 10. The van der Waals surface area contributed by atoms with E-state index in [1.165, 1.54) is 18.0 Å². The number of anilines is 1. The van der Waals surface area contributed by atoms with Crippen LogP contribution < -0.4 is 11.3 Å². The van der Waals surface area contributed by atoms with Crippen molar-refractivity contribution in [2.75, 3.05) is 25.2 Å². The number of imidazole rings is 1. The highest BCUT2D eigenvalue weighted by atomic mass is 32.8. The summed E-state index contributed by atoms with van der Waals surface area (Å²) in [7, 11) is -1.88. The van der Waals surface area contributed by atoms with Crippen molar-refractivity contribution in [1.82, 2.24) is 19.5 Å². The van der Waals surface area contributed by atoms with Crippen molar-refractivity contribution in [2.24, 2.45) is 5.92 Å². The fraction of sp³-hybridized carbons (Fsp3) is 0.583. The largest absolute Gasteiger partial charge is 0.394 e. The smallest absolute Gasteiger partial charge is 0.280 e. The molecule has 0 aromatic carbocycles. The van der Waals surface area contributed by atoms with Crippen molar-refractivity contribution in [1.29, 1.82) is 0 Å². The van der Waals surface area contributed by atoms with E-state index in [4.69, 9.17) is 25.8 Å². The van der Waals surface area contributed by atoms with Crippen LogP contribution in [0.2, 0.25) is 0 Å². The highest BCUT2D eigenvalue weighted by Gasteiger charge is 2.46. The average Bonchev–Trinajstić information content (AvgIpc) is 3.09. The van der Waals surface area contributed by atoms with Gasteiger partial charge < -0.3 is 20.7 Å². The molecule has 1 aliphatic heterocycles. The Morgan fingerprint density at radius 1 is 1.60 bits per heavy atom. The molecule has 0 aliphatic carbocycles. The zero-order chi connectivity index (χ0) is 18.4. The molecule has 0 bridgehead atoms. The molecule has 0 radical (unpaired) electrons. The monoisotopic (exact) mass is 391 g/mol. The van der Waals surface area contributed by atoms with E-state index in [2.05, 4.69) is 15.0 Å². The van der Waals surface area contributed by atoms with Crippen molar-refractivity contribution < 1.29 is 23.3 Å². The second-order valence-electron chi connectivity index (χ2n) is 5.57. The minimum Gasteiger partial charge on any atom is -0.394 e. The number of aliphatic hydroxyl groups excluding tert-OH is 2. The first-order valence-corrected chi connectivity index (χ1v) is 9.80. The summed E-state index contributed by atoms with van der Waals surface area (Å²) in [6.07, 6.45) is -1.68. The van der Waals surface area contributed by atoms with E-state index in [1.807, 2.05) is 0 Å². The highest BCUT2D eigenvalue weighted by Crippen LogP contribution is 2.37. The Morgan fingerprint density at radius 2 is 2.32 bits per heavy atom. The molecular formula is C12H17N5O6S2. The van der Waals surface area contributed by atoms with Crippen LogP contribution in [0.25, 0.3) is 11.2 Å². The molecule has 1 aliphatic rings. The lowest BCUT2D eigenvalue weighted by Gasteiger charge is -2.21. The van der Waals surface area contributed by atoms with Gasteiger partial charge in [-0.1, -0.05) is 0 Å². The van der Waals surface area contributed by atoms with E-state index in [9.17, 15) is 19.2 Å². The lowest BCUT2D eigenvalue weighted by atomic mass is 10.0. The summed E-state index contributed by atoms with van der Waals surface area (Å²) >= 11 is 4.89. The SMILES string of the molecule is COS(=O)(=S)CC1[C@@H](O)[C@@H](CO)O[C@H]1n1cnc2c(=O)[nH]c(N)nc21. The van der Waals surface area contributed by atoms with Gasteiger partial charge in [0.2, 0.25) is 5.95 Å². The lowest BCUT2D eigenvalue weighted by molar-refractivity contribution is -0.0446. The number of fused-ring (bicyclic) bond motifs is 1. The number of rotatable bonds is 5. The molecule has 2 unspecified atom stereocenters. The number of nitrogens with two attached hydrogens (primary N) is 1. The number of aromatic amines is 1. The topological polar surface area (TPSA) is 166 Å². The Labute approximate surface area is 146 Å².